The van der Waals surface area contributed by atoms with Gasteiger partial charge in [-0.2, -0.15) is 0 Å². The molecule has 1 aromatic rings. The van der Waals surface area contributed by atoms with E-state index in [4.69, 9.17) is 4.74 Å². The zero-order valence-corrected chi connectivity index (χ0v) is 10.7. The molecule has 1 aliphatic rings. The molecular weight excluding hydrogens is 210 g/mol. The van der Waals surface area contributed by atoms with E-state index in [-0.39, 0.29) is 0 Å². The van der Waals surface area contributed by atoms with Gasteiger partial charge in [-0.15, -0.1) is 0 Å². The molecule has 1 aliphatic heterocycles. The van der Waals surface area contributed by atoms with Gasteiger partial charge in [0.15, 0.2) is 0 Å². The first-order valence-corrected chi connectivity index (χ1v) is 6.81. The number of hydrogen-bond donors (Lipinski definition) is 1. The quantitative estimate of drug-likeness (QED) is 0.844. The van der Waals surface area contributed by atoms with Crippen LogP contribution in [-0.4, -0.2) is 19.7 Å². The summed E-state index contributed by atoms with van der Waals surface area (Å²) in [7, 11) is 0. The molecule has 1 heterocycles. The minimum Gasteiger partial charge on any atom is -0.494 e. The number of benzene rings is 1. The van der Waals surface area contributed by atoms with E-state index in [1.54, 1.807) is 0 Å². The van der Waals surface area contributed by atoms with Crippen molar-refractivity contribution in [2.75, 3.05) is 19.7 Å². The van der Waals surface area contributed by atoms with Gasteiger partial charge in [0.05, 0.1) is 6.61 Å². The maximum Gasteiger partial charge on any atom is 0.119 e. The first-order chi connectivity index (χ1) is 8.38. The Hall–Kier alpha value is -1.02. The number of piperidine rings is 1. The molecule has 2 nitrogen and oxygen atoms in total. The van der Waals surface area contributed by atoms with Gasteiger partial charge in [-0.05, 0) is 62.4 Å². The zero-order chi connectivity index (χ0) is 11.9. The molecular formula is C15H23NO. The first kappa shape index (κ1) is 12.4. The third-order valence-corrected chi connectivity index (χ3v) is 3.59. The van der Waals surface area contributed by atoms with Gasteiger partial charge < -0.3 is 10.1 Å². The van der Waals surface area contributed by atoms with Crippen LogP contribution >= 0.6 is 0 Å². The van der Waals surface area contributed by atoms with E-state index in [0.29, 0.717) is 0 Å². The molecule has 0 unspecified atom stereocenters. The summed E-state index contributed by atoms with van der Waals surface area (Å²) in [6.45, 7) is 5.38. The van der Waals surface area contributed by atoms with Gasteiger partial charge in [0.2, 0.25) is 0 Å². The first-order valence-electron chi connectivity index (χ1n) is 6.81. The zero-order valence-electron chi connectivity index (χ0n) is 10.7. The standard InChI is InChI=1S/C15H23NO/c1-2-13-3-5-15(6-4-13)17-12-9-14-7-10-16-11-8-14/h3-6,14,16H,2,7-12H2,1H3. The highest BCUT2D eigenvalue weighted by Gasteiger charge is 2.12. The van der Waals surface area contributed by atoms with E-state index < -0.39 is 0 Å². The Morgan fingerprint density at radius 2 is 1.88 bits per heavy atom. The molecule has 2 heteroatoms. The van der Waals surface area contributed by atoms with Crippen LogP contribution in [-0.2, 0) is 6.42 Å². The smallest absolute Gasteiger partial charge is 0.119 e. The molecule has 0 aromatic heterocycles. The van der Waals surface area contributed by atoms with E-state index in [2.05, 4.69) is 36.5 Å². The van der Waals surface area contributed by atoms with Gasteiger partial charge in [-0.1, -0.05) is 19.1 Å². The van der Waals surface area contributed by atoms with Crippen LogP contribution in [0.5, 0.6) is 5.75 Å². The minimum atomic E-state index is 0.853. The van der Waals surface area contributed by atoms with Crippen molar-refractivity contribution in [2.45, 2.75) is 32.6 Å². The second-order valence-electron chi connectivity index (χ2n) is 4.83. The van der Waals surface area contributed by atoms with Crippen LogP contribution < -0.4 is 10.1 Å². The van der Waals surface area contributed by atoms with Crippen LogP contribution in [0.1, 0.15) is 31.7 Å². The van der Waals surface area contributed by atoms with Gasteiger partial charge in [0, 0.05) is 0 Å². The van der Waals surface area contributed by atoms with Crippen LogP contribution in [0.15, 0.2) is 24.3 Å². The Kier molecular flexibility index (Phi) is 4.87. The van der Waals surface area contributed by atoms with Crippen molar-refractivity contribution in [2.24, 2.45) is 5.92 Å². The summed E-state index contributed by atoms with van der Waals surface area (Å²) in [6, 6.07) is 8.47. The molecule has 0 spiro atoms. The molecule has 1 aromatic carbocycles. The number of aryl methyl sites for hydroxylation is 1. The van der Waals surface area contributed by atoms with E-state index in [9.17, 15) is 0 Å². The largest absolute Gasteiger partial charge is 0.494 e. The van der Waals surface area contributed by atoms with Gasteiger partial charge in [-0.25, -0.2) is 0 Å². The lowest BCUT2D eigenvalue weighted by atomic mass is 9.95. The monoisotopic (exact) mass is 233 g/mol. The van der Waals surface area contributed by atoms with E-state index >= 15 is 0 Å². The topological polar surface area (TPSA) is 21.3 Å². The van der Waals surface area contributed by atoms with Crippen LogP contribution in [0.4, 0.5) is 0 Å². The highest BCUT2D eigenvalue weighted by atomic mass is 16.5. The predicted molar refractivity (Wildman–Crippen MR) is 71.5 cm³/mol. The summed E-state index contributed by atoms with van der Waals surface area (Å²) in [6.07, 6.45) is 4.89. The molecule has 1 N–H and O–H groups in total. The van der Waals surface area contributed by atoms with Crippen molar-refractivity contribution in [3.05, 3.63) is 29.8 Å². The number of nitrogens with one attached hydrogen (secondary N) is 1. The number of ether oxygens (including phenoxy) is 1. The van der Waals surface area contributed by atoms with Crippen LogP contribution in [0.3, 0.4) is 0 Å². The average Bonchev–Trinajstić information content (AvgIpc) is 2.41. The molecule has 17 heavy (non-hydrogen) atoms. The Labute approximate surface area is 104 Å². The highest BCUT2D eigenvalue weighted by molar-refractivity contribution is 5.27. The normalized spacial score (nSPS) is 17.0. The molecule has 0 amide bonds. The lowest BCUT2D eigenvalue weighted by Crippen LogP contribution is -2.28. The van der Waals surface area contributed by atoms with Crippen LogP contribution in [0.2, 0.25) is 0 Å². The Morgan fingerprint density at radius 3 is 2.53 bits per heavy atom. The third-order valence-electron chi connectivity index (χ3n) is 3.59. The highest BCUT2D eigenvalue weighted by Crippen LogP contribution is 2.17. The molecule has 0 radical (unpaired) electrons. The average molecular weight is 233 g/mol. The molecule has 2 rings (SSSR count). The molecule has 1 fully saturated rings. The molecule has 1 saturated heterocycles. The summed E-state index contributed by atoms with van der Waals surface area (Å²) >= 11 is 0. The van der Waals surface area contributed by atoms with Gasteiger partial charge in [0.1, 0.15) is 5.75 Å². The van der Waals surface area contributed by atoms with Crippen molar-refractivity contribution >= 4 is 0 Å². The molecule has 94 valence electrons. The fraction of sp³-hybridized carbons (Fsp3) is 0.600. The minimum absolute atomic E-state index is 0.853. The van der Waals surface area contributed by atoms with E-state index in [1.165, 1.54) is 37.9 Å². The fourth-order valence-electron chi connectivity index (χ4n) is 2.34. The lowest BCUT2D eigenvalue weighted by molar-refractivity contribution is 0.252. The Balaban J connectivity index is 1.69. The van der Waals surface area contributed by atoms with Crippen molar-refractivity contribution in [3.8, 4) is 5.75 Å². The van der Waals surface area contributed by atoms with Crippen molar-refractivity contribution < 1.29 is 4.74 Å². The summed E-state index contributed by atoms with van der Waals surface area (Å²) < 4.78 is 5.79. The van der Waals surface area contributed by atoms with E-state index in [1.807, 2.05) is 0 Å². The van der Waals surface area contributed by atoms with Gasteiger partial charge in [0.25, 0.3) is 0 Å². The Bertz CT molecular complexity index is 314. The summed E-state index contributed by atoms with van der Waals surface area (Å²) in [5, 5.41) is 3.39. The fourth-order valence-corrected chi connectivity index (χ4v) is 2.34. The van der Waals surface area contributed by atoms with Gasteiger partial charge >= 0.3 is 0 Å². The number of hydrogen-bond acceptors (Lipinski definition) is 2. The van der Waals surface area contributed by atoms with Crippen LogP contribution in [0, 0.1) is 5.92 Å². The second kappa shape index (κ2) is 6.65. The summed E-state index contributed by atoms with van der Waals surface area (Å²) in [5.41, 5.74) is 1.37. The SMILES string of the molecule is CCc1ccc(OCCC2CCNCC2)cc1. The lowest BCUT2D eigenvalue weighted by Gasteiger charge is -2.22. The van der Waals surface area contributed by atoms with Crippen LogP contribution in [0.25, 0.3) is 0 Å². The molecule has 0 atom stereocenters. The molecule has 0 saturated carbocycles. The van der Waals surface area contributed by atoms with Crippen molar-refractivity contribution in [1.29, 1.82) is 0 Å². The Morgan fingerprint density at radius 1 is 1.18 bits per heavy atom. The summed E-state index contributed by atoms with van der Waals surface area (Å²) in [4.78, 5) is 0. The van der Waals surface area contributed by atoms with Crippen molar-refractivity contribution in [3.63, 3.8) is 0 Å². The van der Waals surface area contributed by atoms with Crippen molar-refractivity contribution in [1.82, 2.24) is 5.32 Å². The van der Waals surface area contributed by atoms with E-state index in [0.717, 1.165) is 24.7 Å². The van der Waals surface area contributed by atoms with Gasteiger partial charge in [-0.3, -0.25) is 0 Å². The maximum atomic E-state index is 5.79. The molecule has 0 aliphatic carbocycles. The number of rotatable bonds is 5. The third kappa shape index (κ3) is 4.04. The molecule has 0 bridgehead atoms. The predicted octanol–water partition coefficient (Wildman–Crippen LogP) is 3.02. The summed E-state index contributed by atoms with van der Waals surface area (Å²) in [5.74, 6) is 1.86. The second-order valence-corrected chi connectivity index (χ2v) is 4.83. The maximum absolute atomic E-state index is 5.79.